The van der Waals surface area contributed by atoms with E-state index in [2.05, 4.69) is 4.98 Å². The Hall–Kier alpha value is -1.77. The number of nitrogens with zero attached hydrogens (tertiary/aromatic N) is 1. The van der Waals surface area contributed by atoms with Crippen molar-refractivity contribution in [3.05, 3.63) is 29.8 Å². The summed E-state index contributed by atoms with van der Waals surface area (Å²) < 4.78 is 0. The Morgan fingerprint density at radius 2 is 1.92 bits per heavy atom. The van der Waals surface area contributed by atoms with Crippen LogP contribution in [0.1, 0.15) is 5.56 Å². The van der Waals surface area contributed by atoms with E-state index in [9.17, 15) is 0 Å². The van der Waals surface area contributed by atoms with Crippen molar-refractivity contribution in [1.29, 1.82) is 0 Å². The molecule has 66 valence electrons. The highest BCUT2D eigenvalue weighted by Crippen LogP contribution is 2.22. The number of aromatic nitrogens is 1. The first kappa shape index (κ1) is 7.86. The number of aryl methyl sites for hydroxylation is 1. The molecule has 4 N–H and O–H groups in total. The summed E-state index contributed by atoms with van der Waals surface area (Å²) in [5.74, 6) is 0.965. The van der Waals surface area contributed by atoms with Crippen molar-refractivity contribution >= 4 is 22.4 Å². The molecule has 0 bridgehead atoms. The molecule has 0 aliphatic rings. The summed E-state index contributed by atoms with van der Waals surface area (Å²) in [7, 11) is 0. The van der Waals surface area contributed by atoms with Crippen molar-refractivity contribution < 1.29 is 0 Å². The van der Waals surface area contributed by atoms with Crippen LogP contribution < -0.4 is 11.5 Å². The van der Waals surface area contributed by atoms with E-state index in [1.165, 1.54) is 5.56 Å². The third-order valence-corrected chi connectivity index (χ3v) is 2.04. The van der Waals surface area contributed by atoms with E-state index in [1.54, 1.807) is 0 Å². The Labute approximate surface area is 76.4 Å². The van der Waals surface area contributed by atoms with Crippen molar-refractivity contribution in [1.82, 2.24) is 4.98 Å². The van der Waals surface area contributed by atoms with Gasteiger partial charge in [0.05, 0.1) is 0 Å². The minimum Gasteiger partial charge on any atom is -0.384 e. The molecule has 0 unspecified atom stereocenters. The predicted molar refractivity (Wildman–Crippen MR) is 55.3 cm³/mol. The van der Waals surface area contributed by atoms with E-state index in [0.29, 0.717) is 11.6 Å². The van der Waals surface area contributed by atoms with Gasteiger partial charge in [0.15, 0.2) is 0 Å². The van der Waals surface area contributed by atoms with Crippen LogP contribution in [0.3, 0.4) is 0 Å². The highest BCUT2D eigenvalue weighted by Gasteiger charge is 2.00. The Kier molecular flexibility index (Phi) is 1.59. The fourth-order valence-electron chi connectivity index (χ4n) is 1.41. The molecular formula is C10H11N3. The second-order valence-corrected chi connectivity index (χ2v) is 3.16. The van der Waals surface area contributed by atoms with Gasteiger partial charge >= 0.3 is 0 Å². The molecule has 1 aromatic heterocycles. The zero-order valence-corrected chi connectivity index (χ0v) is 7.41. The van der Waals surface area contributed by atoms with Gasteiger partial charge in [-0.2, -0.15) is 0 Å². The van der Waals surface area contributed by atoms with Gasteiger partial charge in [0.2, 0.25) is 0 Å². The van der Waals surface area contributed by atoms with Crippen LogP contribution in [-0.2, 0) is 0 Å². The van der Waals surface area contributed by atoms with Gasteiger partial charge in [-0.1, -0.05) is 17.7 Å². The number of hydrogen-bond donors (Lipinski definition) is 2. The van der Waals surface area contributed by atoms with Crippen molar-refractivity contribution in [2.45, 2.75) is 6.92 Å². The van der Waals surface area contributed by atoms with Crippen molar-refractivity contribution in [2.75, 3.05) is 11.5 Å². The van der Waals surface area contributed by atoms with Gasteiger partial charge in [-0.25, -0.2) is 4.98 Å². The molecule has 2 aromatic rings. The SMILES string of the molecule is Cc1ccc2cc(N)nc(N)c2c1. The number of pyridine rings is 1. The summed E-state index contributed by atoms with van der Waals surface area (Å²) in [6.45, 7) is 2.02. The molecule has 0 atom stereocenters. The lowest BCUT2D eigenvalue weighted by molar-refractivity contribution is 1.37. The number of nitrogens with two attached hydrogens (primary N) is 2. The van der Waals surface area contributed by atoms with Crippen LogP contribution in [0.15, 0.2) is 24.3 Å². The molecule has 1 aromatic carbocycles. The number of hydrogen-bond acceptors (Lipinski definition) is 3. The average molecular weight is 173 g/mol. The van der Waals surface area contributed by atoms with E-state index in [1.807, 2.05) is 31.2 Å². The van der Waals surface area contributed by atoms with Crippen molar-refractivity contribution in [3.8, 4) is 0 Å². The van der Waals surface area contributed by atoms with Crippen LogP contribution in [0.5, 0.6) is 0 Å². The smallest absolute Gasteiger partial charge is 0.133 e. The molecule has 0 aliphatic heterocycles. The number of anilines is 2. The lowest BCUT2D eigenvalue weighted by Crippen LogP contribution is -1.96. The fourth-order valence-corrected chi connectivity index (χ4v) is 1.41. The molecule has 0 saturated heterocycles. The molecule has 0 aliphatic carbocycles. The van der Waals surface area contributed by atoms with Crippen LogP contribution in [-0.4, -0.2) is 4.98 Å². The Morgan fingerprint density at radius 1 is 1.15 bits per heavy atom. The highest BCUT2D eigenvalue weighted by molar-refractivity contribution is 5.93. The number of fused-ring (bicyclic) bond motifs is 1. The Morgan fingerprint density at radius 3 is 2.69 bits per heavy atom. The summed E-state index contributed by atoms with van der Waals surface area (Å²) in [6.07, 6.45) is 0. The van der Waals surface area contributed by atoms with Crippen LogP contribution in [0, 0.1) is 6.92 Å². The third-order valence-electron chi connectivity index (χ3n) is 2.04. The molecule has 0 saturated carbocycles. The molecule has 2 rings (SSSR count). The average Bonchev–Trinajstić information content (AvgIpc) is 2.06. The first-order valence-electron chi connectivity index (χ1n) is 4.09. The van der Waals surface area contributed by atoms with Gasteiger partial charge in [0.25, 0.3) is 0 Å². The molecule has 0 spiro atoms. The normalized spacial score (nSPS) is 10.5. The maximum absolute atomic E-state index is 5.73. The minimum atomic E-state index is 0.467. The third kappa shape index (κ3) is 1.28. The van der Waals surface area contributed by atoms with Crippen LogP contribution >= 0.6 is 0 Å². The number of nitrogen functional groups attached to an aromatic ring is 2. The lowest BCUT2D eigenvalue weighted by atomic mass is 10.1. The first-order valence-corrected chi connectivity index (χ1v) is 4.09. The zero-order chi connectivity index (χ0) is 9.42. The van der Waals surface area contributed by atoms with Crippen LogP contribution in [0.2, 0.25) is 0 Å². The summed E-state index contributed by atoms with van der Waals surface area (Å²) >= 11 is 0. The largest absolute Gasteiger partial charge is 0.384 e. The van der Waals surface area contributed by atoms with Gasteiger partial charge < -0.3 is 11.5 Å². The van der Waals surface area contributed by atoms with E-state index in [-0.39, 0.29) is 0 Å². The summed E-state index contributed by atoms with van der Waals surface area (Å²) in [5.41, 5.74) is 12.5. The molecule has 1 heterocycles. The number of rotatable bonds is 0. The second-order valence-electron chi connectivity index (χ2n) is 3.16. The number of benzene rings is 1. The molecule has 0 radical (unpaired) electrons. The predicted octanol–water partition coefficient (Wildman–Crippen LogP) is 1.71. The molecule has 3 heteroatoms. The van der Waals surface area contributed by atoms with Gasteiger partial charge in [-0.05, 0) is 24.4 Å². The Balaban J connectivity index is 2.87. The quantitative estimate of drug-likeness (QED) is 0.637. The summed E-state index contributed by atoms with van der Waals surface area (Å²) in [4.78, 5) is 4.00. The maximum atomic E-state index is 5.73. The molecule has 0 fully saturated rings. The minimum absolute atomic E-state index is 0.467. The maximum Gasteiger partial charge on any atom is 0.133 e. The molecule has 3 nitrogen and oxygen atoms in total. The van der Waals surface area contributed by atoms with Gasteiger partial charge in [0.1, 0.15) is 11.6 Å². The van der Waals surface area contributed by atoms with E-state index in [4.69, 9.17) is 11.5 Å². The topological polar surface area (TPSA) is 64.9 Å². The van der Waals surface area contributed by atoms with Gasteiger partial charge in [-0.15, -0.1) is 0 Å². The lowest BCUT2D eigenvalue weighted by Gasteiger charge is -2.03. The van der Waals surface area contributed by atoms with Gasteiger partial charge in [-0.3, -0.25) is 0 Å². The van der Waals surface area contributed by atoms with Crippen LogP contribution in [0.4, 0.5) is 11.6 Å². The summed E-state index contributed by atoms with van der Waals surface area (Å²) in [6, 6.07) is 7.86. The molecule has 13 heavy (non-hydrogen) atoms. The first-order chi connectivity index (χ1) is 6.16. The van der Waals surface area contributed by atoms with E-state index >= 15 is 0 Å². The standard InChI is InChI=1S/C10H11N3/c1-6-2-3-7-5-9(11)13-10(12)8(7)4-6/h2-5H,1H3,(H4,11,12,13). The van der Waals surface area contributed by atoms with Crippen molar-refractivity contribution in [3.63, 3.8) is 0 Å². The monoisotopic (exact) mass is 173 g/mol. The molecular weight excluding hydrogens is 162 g/mol. The van der Waals surface area contributed by atoms with E-state index in [0.717, 1.165) is 10.8 Å². The van der Waals surface area contributed by atoms with E-state index < -0.39 is 0 Å². The van der Waals surface area contributed by atoms with Gasteiger partial charge in [0, 0.05) is 5.39 Å². The summed E-state index contributed by atoms with van der Waals surface area (Å²) in [5, 5.41) is 2.00. The van der Waals surface area contributed by atoms with Crippen molar-refractivity contribution in [2.24, 2.45) is 0 Å². The zero-order valence-electron chi connectivity index (χ0n) is 7.41. The van der Waals surface area contributed by atoms with Crippen LogP contribution in [0.25, 0.3) is 10.8 Å². The highest BCUT2D eigenvalue weighted by atomic mass is 14.9. The Bertz CT molecular complexity index is 463. The second kappa shape index (κ2) is 2.62. The molecule has 0 amide bonds. The fraction of sp³-hybridized carbons (Fsp3) is 0.100.